The van der Waals surface area contributed by atoms with Crippen LogP contribution in [0, 0.1) is 0 Å². The molecule has 0 amide bonds. The molecule has 1 aliphatic heterocycles. The van der Waals surface area contributed by atoms with Crippen molar-refractivity contribution in [2.24, 2.45) is 0 Å². The van der Waals surface area contributed by atoms with Crippen LogP contribution < -0.4 is 14.8 Å². The smallest absolute Gasteiger partial charge is 0.295 e. The van der Waals surface area contributed by atoms with Gasteiger partial charge in [0.05, 0.1) is 11.0 Å². The second kappa shape index (κ2) is 11.4. The number of hydrogen-bond acceptors (Lipinski definition) is 7. The first-order valence-corrected chi connectivity index (χ1v) is 15.2. The summed E-state index contributed by atoms with van der Waals surface area (Å²) >= 11 is 0. The Morgan fingerprint density at radius 1 is 0.795 bits per heavy atom. The highest BCUT2D eigenvalue weighted by Gasteiger charge is 2.26. The van der Waals surface area contributed by atoms with Crippen molar-refractivity contribution in [1.29, 1.82) is 0 Å². The Bertz CT molecular complexity index is 1770. The van der Waals surface area contributed by atoms with Crippen LogP contribution in [0.5, 0.6) is 0 Å². The van der Waals surface area contributed by atoms with Gasteiger partial charge in [0.2, 0.25) is 5.36 Å². The van der Waals surface area contributed by atoms with Gasteiger partial charge in [-0.05, 0) is 58.0 Å². The zero-order valence-electron chi connectivity index (χ0n) is 22.1. The normalized spacial score (nSPS) is 11.9. The summed E-state index contributed by atoms with van der Waals surface area (Å²) in [6.07, 6.45) is 0. The van der Waals surface area contributed by atoms with Crippen LogP contribution in [0.15, 0.2) is 68.8 Å². The maximum Gasteiger partial charge on any atom is 0.295 e. The Labute approximate surface area is 228 Å². The molecule has 0 atom stereocenters. The summed E-state index contributed by atoms with van der Waals surface area (Å²) in [4.78, 5) is 0.869. The molecule has 0 fully saturated rings. The molecular formula is C27H32N2O8S2. The van der Waals surface area contributed by atoms with Crippen molar-refractivity contribution in [3.63, 3.8) is 0 Å². The molecule has 1 heterocycles. The van der Waals surface area contributed by atoms with Crippen molar-refractivity contribution < 1.29 is 35.8 Å². The van der Waals surface area contributed by atoms with Gasteiger partial charge in [0.15, 0.2) is 0 Å². The van der Waals surface area contributed by atoms with E-state index in [1.165, 1.54) is 6.07 Å². The van der Waals surface area contributed by atoms with E-state index in [2.05, 4.69) is 9.48 Å². The summed E-state index contributed by atoms with van der Waals surface area (Å²) < 4.78 is 76.6. The first-order valence-electron chi connectivity index (χ1n) is 12.4. The molecule has 10 nitrogen and oxygen atoms in total. The molecule has 0 radical (unpaired) electrons. The van der Waals surface area contributed by atoms with Crippen molar-refractivity contribution in [1.82, 2.24) is 4.58 Å². The van der Waals surface area contributed by atoms with Crippen LogP contribution in [0.2, 0.25) is 0 Å². The van der Waals surface area contributed by atoms with E-state index in [0.29, 0.717) is 27.9 Å². The predicted molar refractivity (Wildman–Crippen MR) is 150 cm³/mol. The fraction of sp³-hybridized carbons (Fsp3) is 0.296. The van der Waals surface area contributed by atoms with Crippen LogP contribution in [-0.2, 0) is 20.2 Å². The molecule has 3 N–H and O–H groups in total. The summed E-state index contributed by atoms with van der Waals surface area (Å²) in [5.74, 6) is 0.494. The van der Waals surface area contributed by atoms with Gasteiger partial charge in [0.25, 0.3) is 20.2 Å². The van der Waals surface area contributed by atoms with Crippen LogP contribution in [0.1, 0.15) is 27.7 Å². The fourth-order valence-electron chi connectivity index (χ4n) is 4.81. The fourth-order valence-corrected chi connectivity index (χ4v) is 6.12. The van der Waals surface area contributed by atoms with Crippen molar-refractivity contribution in [3.8, 4) is 22.5 Å². The summed E-state index contributed by atoms with van der Waals surface area (Å²) in [5.41, 5.74) is 2.53. The van der Waals surface area contributed by atoms with Crippen LogP contribution in [0.25, 0.3) is 33.4 Å². The molecule has 0 saturated carbocycles. The van der Waals surface area contributed by atoms with Gasteiger partial charge in [-0.15, -0.1) is 0 Å². The third-order valence-corrected chi connectivity index (χ3v) is 8.49. The second-order valence-electron chi connectivity index (χ2n) is 8.79. The van der Waals surface area contributed by atoms with Gasteiger partial charge in [0.1, 0.15) is 29.3 Å². The van der Waals surface area contributed by atoms with Gasteiger partial charge in [-0.25, -0.2) is 4.58 Å². The van der Waals surface area contributed by atoms with Gasteiger partial charge >= 0.3 is 0 Å². The Morgan fingerprint density at radius 2 is 1.44 bits per heavy atom. The third-order valence-electron chi connectivity index (χ3n) is 6.74. The maximum absolute atomic E-state index is 12.5. The lowest BCUT2D eigenvalue weighted by Gasteiger charge is -2.22. The molecule has 0 spiro atoms. The molecule has 0 bridgehead atoms. The summed E-state index contributed by atoms with van der Waals surface area (Å²) in [6.45, 7) is 11.3. The van der Waals surface area contributed by atoms with Crippen LogP contribution in [0.4, 0.5) is 5.69 Å². The van der Waals surface area contributed by atoms with Crippen LogP contribution in [0.3, 0.4) is 0 Å². The molecule has 2 aromatic rings. The highest BCUT2D eigenvalue weighted by atomic mass is 32.2. The van der Waals surface area contributed by atoms with E-state index in [-0.39, 0.29) is 11.0 Å². The zero-order chi connectivity index (χ0) is 27.8. The molecule has 210 valence electrons. The Morgan fingerprint density at radius 3 is 2.00 bits per heavy atom. The van der Waals surface area contributed by atoms with Gasteiger partial charge in [-0.1, -0.05) is 6.07 Å². The van der Waals surface area contributed by atoms with E-state index < -0.39 is 30.0 Å². The number of rotatable bonds is 8. The van der Waals surface area contributed by atoms with E-state index >= 15 is 0 Å². The van der Waals surface area contributed by atoms with Crippen LogP contribution in [-0.4, -0.2) is 57.6 Å². The lowest BCUT2D eigenvalue weighted by Crippen LogP contribution is -2.29. The SMILES string of the molecule is CCN(CC)c1ccc2c(-c3ccc(S(=O)(=O)O)cc3S(=O)(=O)O)c3ccc(=[N+](CC)CC)cc-3oc2c1.[OH-]. The predicted octanol–water partition coefficient (Wildman–Crippen LogP) is 4.18. The molecule has 39 heavy (non-hydrogen) atoms. The lowest BCUT2D eigenvalue weighted by atomic mass is 9.93. The van der Waals surface area contributed by atoms with Crippen molar-refractivity contribution in [2.45, 2.75) is 37.5 Å². The number of benzene rings is 3. The first kappa shape index (κ1) is 30.3. The molecule has 1 aliphatic carbocycles. The summed E-state index contributed by atoms with van der Waals surface area (Å²) in [7, 11) is -9.60. The Kier molecular flexibility index (Phi) is 8.88. The highest BCUT2D eigenvalue weighted by molar-refractivity contribution is 7.86. The van der Waals surface area contributed by atoms with Gasteiger partial charge in [0, 0.05) is 53.0 Å². The number of anilines is 1. The number of nitrogens with zero attached hydrogens (tertiary/aromatic N) is 2. The van der Waals surface area contributed by atoms with E-state index in [4.69, 9.17) is 4.42 Å². The minimum absolute atomic E-state index is 0. The Hall–Kier alpha value is -3.29. The molecule has 12 heteroatoms. The Balaban J connectivity index is 0.00000420. The molecule has 0 aromatic heterocycles. The van der Waals surface area contributed by atoms with Crippen molar-refractivity contribution >= 4 is 36.9 Å². The standard InChI is InChI=1S/C27H30N2O7S2.H2O/c1-5-28(6-2)18-9-12-21-24(15-18)36-25-16-19(29(7-3)8-4)10-13-22(25)27(21)23-14-11-20(37(30,31)32)17-26(23)38(33,34)35;/h9-17H,5-8H2,1-4H3,(H-,30,31,32,33,34,35);1H2. The summed E-state index contributed by atoms with van der Waals surface area (Å²) in [5, 5.41) is 1.50. The minimum atomic E-state index is -4.88. The molecule has 2 aliphatic rings. The average molecular weight is 577 g/mol. The second-order valence-corrected chi connectivity index (χ2v) is 11.6. The van der Waals surface area contributed by atoms with Crippen molar-refractivity contribution in [3.05, 3.63) is 60.0 Å². The third kappa shape index (κ3) is 5.85. The summed E-state index contributed by atoms with van der Waals surface area (Å²) in [6, 6.07) is 14.4. The topological polar surface area (TPSA) is 158 Å². The number of hydrogen-bond donors (Lipinski definition) is 2. The molecule has 0 saturated heterocycles. The zero-order valence-corrected chi connectivity index (χ0v) is 23.8. The first-order chi connectivity index (χ1) is 17.9. The maximum atomic E-state index is 12.5. The van der Waals surface area contributed by atoms with E-state index in [1.807, 2.05) is 64.1 Å². The molecule has 2 aromatic carbocycles. The molecule has 0 unspecified atom stereocenters. The van der Waals surface area contributed by atoms with Gasteiger partial charge in [-0.2, -0.15) is 16.8 Å². The monoisotopic (exact) mass is 576 g/mol. The van der Waals surface area contributed by atoms with E-state index in [1.54, 1.807) is 0 Å². The molecule has 4 rings (SSSR count). The highest BCUT2D eigenvalue weighted by Crippen LogP contribution is 2.43. The lowest BCUT2D eigenvalue weighted by molar-refractivity contribution is 0.481. The quantitative estimate of drug-likeness (QED) is 0.178. The largest absolute Gasteiger partial charge is 0.870 e. The van der Waals surface area contributed by atoms with Gasteiger partial charge < -0.3 is 14.8 Å². The average Bonchev–Trinajstić information content (AvgIpc) is 2.87. The van der Waals surface area contributed by atoms with E-state index in [9.17, 15) is 25.9 Å². The minimum Gasteiger partial charge on any atom is -0.870 e. The van der Waals surface area contributed by atoms with E-state index in [0.717, 1.165) is 49.4 Å². The molecular weight excluding hydrogens is 544 g/mol. The van der Waals surface area contributed by atoms with Crippen LogP contribution >= 0.6 is 0 Å². The van der Waals surface area contributed by atoms with Gasteiger partial charge in [-0.3, -0.25) is 9.11 Å². The van der Waals surface area contributed by atoms with Crippen molar-refractivity contribution in [2.75, 3.05) is 31.1 Å². The number of fused-ring (bicyclic) bond motifs is 2.